The molecule has 0 radical (unpaired) electrons. The van der Waals surface area contributed by atoms with Crippen molar-refractivity contribution in [3.8, 4) is 0 Å². The molecule has 20 heavy (non-hydrogen) atoms. The Balaban J connectivity index is 2.00. The minimum absolute atomic E-state index is 0.196. The second kappa shape index (κ2) is 6.32. The van der Waals surface area contributed by atoms with E-state index in [1.54, 1.807) is 12.3 Å². The maximum absolute atomic E-state index is 12.1. The van der Waals surface area contributed by atoms with Crippen molar-refractivity contribution in [3.05, 3.63) is 16.1 Å². The number of rotatable bonds is 4. The fraction of sp³-hybridized carbons (Fsp3) is 0.615. The molecule has 0 spiro atoms. The topological polar surface area (TPSA) is 77.5 Å². The zero-order valence-electron chi connectivity index (χ0n) is 11.6. The molecular weight excluding hydrogens is 280 g/mol. The lowest BCUT2D eigenvalue weighted by atomic mass is 9.95. The summed E-state index contributed by atoms with van der Waals surface area (Å²) in [7, 11) is 0. The highest BCUT2D eigenvalue weighted by molar-refractivity contribution is 7.11. The van der Waals surface area contributed by atoms with E-state index in [0.717, 1.165) is 30.8 Å². The van der Waals surface area contributed by atoms with E-state index in [9.17, 15) is 9.59 Å². The Bertz CT molecular complexity index is 494. The van der Waals surface area contributed by atoms with Crippen LogP contribution in [0.1, 0.15) is 47.0 Å². The monoisotopic (exact) mass is 298 g/mol. The van der Waals surface area contributed by atoms with Crippen LogP contribution in [0.5, 0.6) is 0 Å². The van der Waals surface area contributed by atoms with Crippen LogP contribution in [0.3, 0.4) is 0 Å². The van der Waals surface area contributed by atoms with Crippen LogP contribution in [0.25, 0.3) is 0 Å². The first-order valence-corrected chi connectivity index (χ1v) is 7.45. The van der Waals surface area contributed by atoms with Crippen molar-refractivity contribution in [1.82, 2.24) is 10.3 Å². The highest BCUT2D eigenvalue weighted by Crippen LogP contribution is 2.19. The number of nitrogens with zero attached hydrogens (tertiary/aromatic N) is 1. The molecule has 0 saturated carbocycles. The summed E-state index contributed by atoms with van der Waals surface area (Å²) in [5.74, 6) is -0.784. The third-order valence-electron chi connectivity index (χ3n) is 3.04. The highest BCUT2D eigenvalue weighted by Gasteiger charge is 2.30. The summed E-state index contributed by atoms with van der Waals surface area (Å²) in [6, 6.07) is 0. The van der Waals surface area contributed by atoms with Gasteiger partial charge in [-0.3, -0.25) is 4.79 Å². The zero-order chi connectivity index (χ0) is 14.6. The van der Waals surface area contributed by atoms with Crippen molar-refractivity contribution in [1.29, 1.82) is 0 Å². The molecule has 1 fully saturated rings. The van der Waals surface area contributed by atoms with Gasteiger partial charge in [0.2, 0.25) is 5.01 Å². The van der Waals surface area contributed by atoms with Gasteiger partial charge in [0.05, 0.1) is 18.8 Å². The van der Waals surface area contributed by atoms with E-state index in [1.807, 2.05) is 6.92 Å². The average Bonchev–Trinajstić information content (AvgIpc) is 2.89. The Morgan fingerprint density at radius 2 is 2.40 bits per heavy atom. The largest absolute Gasteiger partial charge is 0.461 e. The zero-order valence-corrected chi connectivity index (χ0v) is 12.4. The van der Waals surface area contributed by atoms with Gasteiger partial charge < -0.3 is 14.8 Å². The molecule has 1 N–H and O–H groups in total. The summed E-state index contributed by atoms with van der Waals surface area (Å²) in [6.07, 6.45) is 1.79. The number of carbonyl (C=O) groups excluding carboxylic acids is 2. The molecule has 1 aliphatic rings. The molecule has 0 bridgehead atoms. The molecule has 110 valence electrons. The standard InChI is InChI=1S/C13H18N2O4S/c1-3-19-12(17)11-14-9(7-20-11)10(16)15-13(2)5-4-6-18-8-13/h7H,3-6,8H2,1-2H3,(H,15,16). The van der Waals surface area contributed by atoms with Gasteiger partial charge in [-0.2, -0.15) is 0 Å². The fourth-order valence-electron chi connectivity index (χ4n) is 2.04. The number of aromatic nitrogens is 1. The van der Waals surface area contributed by atoms with Crippen molar-refractivity contribution in [3.63, 3.8) is 0 Å². The molecule has 6 nitrogen and oxygen atoms in total. The molecule has 0 aliphatic carbocycles. The first-order valence-electron chi connectivity index (χ1n) is 6.57. The molecule has 7 heteroatoms. The number of amides is 1. The van der Waals surface area contributed by atoms with Crippen molar-refractivity contribution in [2.45, 2.75) is 32.2 Å². The van der Waals surface area contributed by atoms with Crippen LogP contribution in [0, 0.1) is 0 Å². The van der Waals surface area contributed by atoms with Gasteiger partial charge >= 0.3 is 5.97 Å². The van der Waals surface area contributed by atoms with E-state index in [1.165, 1.54) is 0 Å². The Hall–Kier alpha value is -1.47. The van der Waals surface area contributed by atoms with Crippen LogP contribution in [-0.2, 0) is 9.47 Å². The molecule has 2 rings (SSSR count). The number of nitrogens with one attached hydrogen (secondary N) is 1. The van der Waals surface area contributed by atoms with Crippen molar-refractivity contribution < 1.29 is 19.1 Å². The van der Waals surface area contributed by atoms with E-state index >= 15 is 0 Å². The Labute approximate surface area is 121 Å². The molecule has 1 unspecified atom stereocenters. The summed E-state index contributed by atoms with van der Waals surface area (Å²) in [5, 5.41) is 4.68. The van der Waals surface area contributed by atoms with Crippen LogP contribution in [0.15, 0.2) is 5.38 Å². The van der Waals surface area contributed by atoms with Gasteiger partial charge in [0, 0.05) is 12.0 Å². The van der Waals surface area contributed by atoms with Gasteiger partial charge in [0.1, 0.15) is 5.69 Å². The molecule has 1 saturated heterocycles. The summed E-state index contributed by atoms with van der Waals surface area (Å²) in [4.78, 5) is 27.7. The SMILES string of the molecule is CCOC(=O)c1nc(C(=O)NC2(C)CCCOC2)cs1. The van der Waals surface area contributed by atoms with E-state index < -0.39 is 5.97 Å². The van der Waals surface area contributed by atoms with Crippen LogP contribution >= 0.6 is 11.3 Å². The minimum Gasteiger partial charge on any atom is -0.461 e. The van der Waals surface area contributed by atoms with E-state index in [4.69, 9.17) is 9.47 Å². The van der Waals surface area contributed by atoms with Gasteiger partial charge in [-0.25, -0.2) is 9.78 Å². The van der Waals surface area contributed by atoms with E-state index in [0.29, 0.717) is 6.61 Å². The Morgan fingerprint density at radius 3 is 3.05 bits per heavy atom. The quantitative estimate of drug-likeness (QED) is 0.855. The number of hydrogen-bond donors (Lipinski definition) is 1. The number of thiazole rings is 1. The fourth-order valence-corrected chi connectivity index (χ4v) is 2.72. The molecule has 1 atom stereocenters. The number of esters is 1. The van der Waals surface area contributed by atoms with Crippen molar-refractivity contribution in [2.75, 3.05) is 19.8 Å². The van der Waals surface area contributed by atoms with E-state index in [-0.39, 0.29) is 28.8 Å². The smallest absolute Gasteiger partial charge is 0.367 e. The van der Waals surface area contributed by atoms with Gasteiger partial charge in [-0.15, -0.1) is 11.3 Å². The van der Waals surface area contributed by atoms with Gasteiger partial charge in [-0.05, 0) is 26.7 Å². The molecule has 1 aliphatic heterocycles. The molecule has 2 heterocycles. The van der Waals surface area contributed by atoms with Crippen LogP contribution < -0.4 is 5.32 Å². The van der Waals surface area contributed by atoms with Crippen LogP contribution in [0.4, 0.5) is 0 Å². The third-order valence-corrected chi connectivity index (χ3v) is 3.86. The molecule has 1 aromatic heterocycles. The maximum Gasteiger partial charge on any atom is 0.367 e. The lowest BCUT2D eigenvalue weighted by molar-refractivity contribution is 0.0271. The van der Waals surface area contributed by atoms with Gasteiger partial charge in [0.15, 0.2) is 0 Å². The Kier molecular flexibility index (Phi) is 4.72. The lowest BCUT2D eigenvalue weighted by Crippen LogP contribution is -2.51. The summed E-state index contributed by atoms with van der Waals surface area (Å²) in [5.41, 5.74) is -0.131. The number of ether oxygens (including phenoxy) is 2. The third kappa shape index (κ3) is 3.55. The first kappa shape index (κ1) is 14.9. The van der Waals surface area contributed by atoms with E-state index in [2.05, 4.69) is 10.3 Å². The van der Waals surface area contributed by atoms with Gasteiger partial charge in [0.25, 0.3) is 5.91 Å². The van der Waals surface area contributed by atoms with Crippen molar-refractivity contribution >= 4 is 23.2 Å². The predicted molar refractivity (Wildman–Crippen MR) is 74.0 cm³/mol. The van der Waals surface area contributed by atoms with Crippen LogP contribution in [0.2, 0.25) is 0 Å². The lowest BCUT2D eigenvalue weighted by Gasteiger charge is -2.34. The molecule has 1 aromatic rings. The average molecular weight is 298 g/mol. The highest BCUT2D eigenvalue weighted by atomic mass is 32.1. The second-order valence-corrected chi connectivity index (χ2v) is 5.79. The second-order valence-electron chi connectivity index (χ2n) is 4.93. The van der Waals surface area contributed by atoms with Crippen LogP contribution in [-0.4, -0.2) is 42.2 Å². The number of hydrogen-bond acceptors (Lipinski definition) is 6. The normalized spacial score (nSPS) is 22.3. The summed E-state index contributed by atoms with van der Waals surface area (Å²) < 4.78 is 10.2. The molecule has 1 amide bonds. The molecule has 0 aromatic carbocycles. The Morgan fingerprint density at radius 1 is 1.60 bits per heavy atom. The predicted octanol–water partition coefficient (Wildman–Crippen LogP) is 1.62. The summed E-state index contributed by atoms with van der Waals surface area (Å²) in [6.45, 7) is 5.18. The van der Waals surface area contributed by atoms with Crippen molar-refractivity contribution in [2.24, 2.45) is 0 Å². The first-order chi connectivity index (χ1) is 9.54. The maximum atomic E-state index is 12.1. The number of carbonyl (C=O) groups is 2. The molecular formula is C13H18N2O4S. The van der Waals surface area contributed by atoms with Gasteiger partial charge in [-0.1, -0.05) is 0 Å². The summed E-state index contributed by atoms with van der Waals surface area (Å²) >= 11 is 1.11. The minimum atomic E-state index is -0.497.